The predicted molar refractivity (Wildman–Crippen MR) is 149 cm³/mol. The van der Waals surface area contributed by atoms with Crippen LogP contribution in [0.1, 0.15) is 61.4 Å². The summed E-state index contributed by atoms with van der Waals surface area (Å²) in [5.74, 6) is 0.297. The molecule has 0 saturated heterocycles. The Morgan fingerprint density at radius 1 is 1.03 bits per heavy atom. The SMILES string of the molecule is C/C=C(\C/C=C\CNC(=O)C1CCCCC1)N=C(N)c1ccc(NC(=O)c2c(Cl)cccc2Cl)cc1. The van der Waals surface area contributed by atoms with Crippen LogP contribution in [-0.2, 0) is 4.79 Å². The van der Waals surface area contributed by atoms with Gasteiger partial charge in [-0.05, 0) is 56.2 Å². The molecule has 1 aliphatic carbocycles. The summed E-state index contributed by atoms with van der Waals surface area (Å²) in [5, 5.41) is 6.35. The molecule has 1 aliphatic rings. The van der Waals surface area contributed by atoms with Crippen LogP contribution in [0.25, 0.3) is 0 Å². The first kappa shape index (κ1) is 27.5. The summed E-state index contributed by atoms with van der Waals surface area (Å²) < 4.78 is 0. The number of carbonyl (C=O) groups excluding carboxylic acids is 2. The zero-order chi connectivity index (χ0) is 25.9. The molecule has 1 saturated carbocycles. The maximum atomic E-state index is 12.6. The van der Waals surface area contributed by atoms with Crippen LogP contribution >= 0.6 is 23.2 Å². The summed E-state index contributed by atoms with van der Waals surface area (Å²) in [5.41, 5.74) is 8.56. The first-order valence-electron chi connectivity index (χ1n) is 12.2. The van der Waals surface area contributed by atoms with Crippen LogP contribution < -0.4 is 16.4 Å². The molecule has 0 spiro atoms. The van der Waals surface area contributed by atoms with Gasteiger partial charge in [0.2, 0.25) is 5.91 Å². The Morgan fingerprint density at radius 3 is 2.33 bits per heavy atom. The van der Waals surface area contributed by atoms with Gasteiger partial charge in [0.05, 0.1) is 15.6 Å². The summed E-state index contributed by atoms with van der Waals surface area (Å²) in [6.45, 7) is 2.42. The highest BCUT2D eigenvalue weighted by atomic mass is 35.5. The third-order valence-electron chi connectivity index (χ3n) is 6.09. The van der Waals surface area contributed by atoms with Crippen molar-refractivity contribution >= 4 is 46.5 Å². The van der Waals surface area contributed by atoms with E-state index < -0.39 is 5.91 Å². The molecule has 0 radical (unpaired) electrons. The minimum absolute atomic E-state index is 0.155. The van der Waals surface area contributed by atoms with E-state index in [9.17, 15) is 9.59 Å². The number of amidine groups is 1. The Balaban J connectivity index is 1.51. The molecule has 0 bridgehead atoms. The van der Waals surface area contributed by atoms with E-state index in [1.165, 1.54) is 6.42 Å². The molecule has 8 heteroatoms. The number of rotatable bonds is 9. The van der Waals surface area contributed by atoms with Crippen molar-refractivity contribution in [3.8, 4) is 0 Å². The van der Waals surface area contributed by atoms with Gasteiger partial charge >= 0.3 is 0 Å². The highest BCUT2D eigenvalue weighted by Gasteiger charge is 2.20. The van der Waals surface area contributed by atoms with E-state index in [1.807, 2.05) is 25.2 Å². The summed E-state index contributed by atoms with van der Waals surface area (Å²) >= 11 is 12.2. The van der Waals surface area contributed by atoms with Gasteiger partial charge in [-0.25, -0.2) is 4.99 Å². The number of aliphatic imine (C=N–C) groups is 1. The highest BCUT2D eigenvalue weighted by Crippen LogP contribution is 2.25. The van der Waals surface area contributed by atoms with Gasteiger partial charge in [0.15, 0.2) is 0 Å². The Morgan fingerprint density at radius 2 is 1.69 bits per heavy atom. The van der Waals surface area contributed by atoms with Crippen molar-refractivity contribution in [1.29, 1.82) is 0 Å². The van der Waals surface area contributed by atoms with Gasteiger partial charge < -0.3 is 16.4 Å². The van der Waals surface area contributed by atoms with Crippen molar-refractivity contribution in [2.75, 3.05) is 11.9 Å². The topological polar surface area (TPSA) is 96.6 Å². The molecule has 0 unspecified atom stereocenters. The van der Waals surface area contributed by atoms with Gasteiger partial charge in [-0.1, -0.05) is 66.8 Å². The quantitative estimate of drug-likeness (QED) is 0.197. The Hall–Kier alpha value is -3.09. The number of nitrogens with one attached hydrogen (secondary N) is 2. The summed E-state index contributed by atoms with van der Waals surface area (Å²) in [6, 6.07) is 12.0. The highest BCUT2D eigenvalue weighted by molar-refractivity contribution is 6.40. The number of nitrogens with two attached hydrogens (primary N) is 1. The second kappa shape index (κ2) is 13.9. The number of allylic oxidation sites excluding steroid dienone is 2. The van der Waals surface area contributed by atoms with Gasteiger partial charge in [0, 0.05) is 35.8 Å². The third kappa shape index (κ3) is 7.97. The number of hydrogen-bond acceptors (Lipinski definition) is 3. The molecule has 0 aromatic heterocycles. The van der Waals surface area contributed by atoms with Crippen LogP contribution in [0, 0.1) is 5.92 Å². The fourth-order valence-electron chi connectivity index (χ4n) is 4.04. The van der Waals surface area contributed by atoms with Crippen LogP contribution in [-0.4, -0.2) is 24.2 Å². The lowest BCUT2D eigenvalue weighted by atomic mass is 9.89. The molecular formula is C28H32Cl2N4O2. The zero-order valence-electron chi connectivity index (χ0n) is 20.4. The molecule has 3 rings (SSSR count). The monoisotopic (exact) mass is 526 g/mol. The van der Waals surface area contributed by atoms with E-state index in [0.29, 0.717) is 24.5 Å². The molecule has 0 atom stereocenters. The lowest BCUT2D eigenvalue weighted by Gasteiger charge is -2.20. The van der Waals surface area contributed by atoms with Crippen LogP contribution in [0.4, 0.5) is 5.69 Å². The van der Waals surface area contributed by atoms with Crippen LogP contribution in [0.5, 0.6) is 0 Å². The molecule has 1 fully saturated rings. The molecule has 0 aliphatic heterocycles. The molecule has 2 aromatic rings. The van der Waals surface area contributed by atoms with Crippen molar-refractivity contribution in [3.05, 3.63) is 87.6 Å². The number of amides is 2. The maximum Gasteiger partial charge on any atom is 0.258 e. The zero-order valence-corrected chi connectivity index (χ0v) is 21.9. The molecule has 36 heavy (non-hydrogen) atoms. The first-order valence-corrected chi connectivity index (χ1v) is 12.9. The van der Waals surface area contributed by atoms with Crippen LogP contribution in [0.15, 0.2) is 71.4 Å². The maximum absolute atomic E-state index is 12.6. The Labute approximate surface area is 222 Å². The largest absolute Gasteiger partial charge is 0.383 e. The van der Waals surface area contributed by atoms with Gasteiger partial charge in [-0.3, -0.25) is 9.59 Å². The molecule has 6 nitrogen and oxygen atoms in total. The lowest BCUT2D eigenvalue weighted by Crippen LogP contribution is -2.31. The minimum Gasteiger partial charge on any atom is -0.383 e. The van der Waals surface area contributed by atoms with Crippen molar-refractivity contribution < 1.29 is 9.59 Å². The number of halogens is 2. The average Bonchev–Trinajstić information content (AvgIpc) is 2.88. The number of anilines is 1. The Bertz CT molecular complexity index is 1130. The van der Waals surface area contributed by atoms with Crippen molar-refractivity contribution in [1.82, 2.24) is 5.32 Å². The van der Waals surface area contributed by atoms with Gasteiger partial charge in [0.1, 0.15) is 5.84 Å². The second-order valence-electron chi connectivity index (χ2n) is 8.66. The fourth-order valence-corrected chi connectivity index (χ4v) is 4.61. The number of carbonyl (C=O) groups is 2. The molecule has 2 amide bonds. The number of benzene rings is 2. The molecule has 0 heterocycles. The third-order valence-corrected chi connectivity index (χ3v) is 6.72. The van der Waals surface area contributed by atoms with E-state index in [0.717, 1.165) is 36.9 Å². The summed E-state index contributed by atoms with van der Waals surface area (Å²) in [6.07, 6.45) is 11.9. The van der Waals surface area contributed by atoms with E-state index in [1.54, 1.807) is 42.5 Å². The lowest BCUT2D eigenvalue weighted by molar-refractivity contribution is -0.125. The smallest absolute Gasteiger partial charge is 0.258 e. The molecule has 2 aromatic carbocycles. The van der Waals surface area contributed by atoms with Crippen LogP contribution in [0.2, 0.25) is 10.0 Å². The number of nitrogens with zero attached hydrogens (tertiary/aromatic N) is 1. The van der Waals surface area contributed by atoms with Crippen molar-refractivity contribution in [2.24, 2.45) is 16.6 Å². The molecular weight excluding hydrogens is 495 g/mol. The summed E-state index contributed by atoms with van der Waals surface area (Å²) in [7, 11) is 0. The molecule has 190 valence electrons. The molecule has 4 N–H and O–H groups in total. The van der Waals surface area contributed by atoms with Crippen molar-refractivity contribution in [2.45, 2.75) is 45.4 Å². The van der Waals surface area contributed by atoms with Crippen molar-refractivity contribution in [3.63, 3.8) is 0 Å². The number of hydrogen-bond donors (Lipinski definition) is 3. The Kier molecular flexibility index (Phi) is 10.6. The van der Waals surface area contributed by atoms with Gasteiger partial charge in [-0.2, -0.15) is 0 Å². The predicted octanol–water partition coefficient (Wildman–Crippen LogP) is 6.50. The van der Waals surface area contributed by atoms with Gasteiger partial charge in [-0.15, -0.1) is 0 Å². The standard InChI is InChI=1S/C28H32Cl2N4O2/c1-2-21(11-6-7-18-32-27(35)20-9-4-3-5-10-20)33-26(31)19-14-16-22(17-15-19)34-28(36)25-23(29)12-8-13-24(25)30/h2,6-8,12-17,20H,3-5,9-11,18H2,1H3,(H2,31,33)(H,32,35)(H,34,36)/b7-6-,21-2+. The van der Waals surface area contributed by atoms with Crippen LogP contribution in [0.3, 0.4) is 0 Å². The average molecular weight is 527 g/mol. The van der Waals surface area contributed by atoms with E-state index in [-0.39, 0.29) is 27.4 Å². The van der Waals surface area contributed by atoms with E-state index in [2.05, 4.69) is 15.6 Å². The van der Waals surface area contributed by atoms with E-state index >= 15 is 0 Å². The van der Waals surface area contributed by atoms with Gasteiger partial charge in [0.25, 0.3) is 5.91 Å². The minimum atomic E-state index is -0.391. The summed E-state index contributed by atoms with van der Waals surface area (Å²) in [4.78, 5) is 29.3. The first-order chi connectivity index (χ1) is 17.4. The van der Waals surface area contributed by atoms with E-state index in [4.69, 9.17) is 28.9 Å². The fraction of sp³-hybridized carbons (Fsp3) is 0.321. The second-order valence-corrected chi connectivity index (χ2v) is 9.48. The normalized spacial score (nSPS) is 15.2.